The molecular weight excluding hydrogens is 425 g/mol. The highest BCUT2D eigenvalue weighted by Crippen LogP contribution is 2.45. The summed E-state index contributed by atoms with van der Waals surface area (Å²) in [6, 6.07) is 12.4. The van der Waals surface area contributed by atoms with Crippen LogP contribution in [0.1, 0.15) is 62.3 Å². The summed E-state index contributed by atoms with van der Waals surface area (Å²) < 4.78 is 0. The lowest BCUT2D eigenvalue weighted by molar-refractivity contribution is 0.0805. The maximum Gasteiger partial charge on any atom is 0.0622 e. The topological polar surface area (TPSA) is 32.3 Å². The molecule has 0 spiro atoms. The number of nitrogens with one attached hydrogen (secondary N) is 1. The maximum atomic E-state index is 9.63. The lowest BCUT2D eigenvalue weighted by Crippen LogP contribution is -2.33. The normalized spacial score (nSPS) is 19.2. The van der Waals surface area contributed by atoms with Crippen molar-refractivity contribution in [2.75, 3.05) is 0 Å². The zero-order valence-electron chi connectivity index (χ0n) is 18.3. The summed E-state index contributed by atoms with van der Waals surface area (Å²) >= 11 is 12.9. The second-order valence-corrected chi connectivity index (χ2v) is 9.97. The fourth-order valence-electron chi connectivity index (χ4n) is 4.65. The predicted octanol–water partition coefficient (Wildman–Crippen LogP) is 7.98. The summed E-state index contributed by atoms with van der Waals surface area (Å²) in [5, 5.41) is 11.0. The van der Waals surface area contributed by atoms with Gasteiger partial charge in [0.05, 0.1) is 5.54 Å². The van der Waals surface area contributed by atoms with Crippen LogP contribution >= 0.6 is 23.2 Å². The third-order valence-corrected chi connectivity index (χ3v) is 7.05. The Morgan fingerprint density at radius 1 is 1.03 bits per heavy atom. The van der Waals surface area contributed by atoms with E-state index in [0.29, 0.717) is 16.0 Å². The molecule has 2 N–H and O–H groups in total. The molecule has 31 heavy (non-hydrogen) atoms. The highest BCUT2D eigenvalue weighted by atomic mass is 35.5. The van der Waals surface area contributed by atoms with Crippen LogP contribution in [0.2, 0.25) is 10.0 Å². The number of hydrogen-bond acceptors (Lipinski definition) is 2. The van der Waals surface area contributed by atoms with E-state index in [-0.39, 0.29) is 0 Å². The van der Waals surface area contributed by atoms with Gasteiger partial charge in [-0.2, -0.15) is 5.48 Å². The fourth-order valence-corrected chi connectivity index (χ4v) is 5.17. The summed E-state index contributed by atoms with van der Waals surface area (Å²) in [4.78, 5) is 0. The second kappa shape index (κ2) is 8.96. The molecule has 0 radical (unpaired) electrons. The standard InChI is InChI=1S/C27H29Cl2NO/c1-17-7-9-18(10-8-17)26-22-13-11-20(27(2,3)30-31)15-19(22)5-4-6-24(26)23-14-12-21(28)16-25(23)29/h7-9,11-16,18,30-31H,4-6,10H2,1-3H3. The molecule has 162 valence electrons. The lowest BCUT2D eigenvalue weighted by Gasteiger charge is -2.27. The Bertz CT molecular complexity index is 1090. The monoisotopic (exact) mass is 453 g/mol. The molecule has 0 saturated carbocycles. The van der Waals surface area contributed by atoms with Gasteiger partial charge < -0.3 is 5.21 Å². The predicted molar refractivity (Wildman–Crippen MR) is 132 cm³/mol. The Labute approximate surface area is 195 Å². The van der Waals surface area contributed by atoms with Crippen LogP contribution in [0.25, 0.3) is 11.1 Å². The van der Waals surface area contributed by atoms with E-state index in [1.54, 1.807) is 0 Å². The molecule has 0 fully saturated rings. The molecule has 2 aromatic rings. The van der Waals surface area contributed by atoms with Crippen LogP contribution in [0.3, 0.4) is 0 Å². The minimum absolute atomic E-state index is 0.303. The van der Waals surface area contributed by atoms with E-state index in [2.05, 4.69) is 54.9 Å². The largest absolute Gasteiger partial charge is 0.316 e. The van der Waals surface area contributed by atoms with Gasteiger partial charge in [0.1, 0.15) is 0 Å². The van der Waals surface area contributed by atoms with Crippen LogP contribution in [-0.2, 0) is 12.0 Å². The van der Waals surface area contributed by atoms with Gasteiger partial charge in [0, 0.05) is 16.0 Å². The van der Waals surface area contributed by atoms with Crippen molar-refractivity contribution in [3.05, 3.63) is 92.5 Å². The second-order valence-electron chi connectivity index (χ2n) is 9.13. The van der Waals surface area contributed by atoms with Crippen molar-refractivity contribution in [3.63, 3.8) is 0 Å². The molecule has 4 rings (SSSR count). The molecule has 0 amide bonds. The van der Waals surface area contributed by atoms with Crippen LogP contribution in [-0.4, -0.2) is 5.21 Å². The number of rotatable bonds is 4. The van der Waals surface area contributed by atoms with E-state index in [1.807, 2.05) is 26.0 Å². The van der Waals surface area contributed by atoms with E-state index in [9.17, 15) is 5.21 Å². The Kier molecular flexibility index (Phi) is 6.46. The quantitative estimate of drug-likeness (QED) is 0.459. The van der Waals surface area contributed by atoms with Crippen molar-refractivity contribution in [2.24, 2.45) is 5.92 Å². The van der Waals surface area contributed by atoms with Crippen LogP contribution in [0.4, 0.5) is 0 Å². The molecule has 2 aromatic carbocycles. The molecule has 4 heteroatoms. The highest BCUT2D eigenvalue weighted by Gasteiger charge is 2.27. The average molecular weight is 454 g/mol. The third kappa shape index (κ3) is 4.54. The first-order valence-electron chi connectivity index (χ1n) is 10.9. The molecule has 0 bridgehead atoms. The fraction of sp³-hybridized carbons (Fsp3) is 0.333. The molecule has 1 atom stereocenters. The van der Waals surface area contributed by atoms with Gasteiger partial charge in [0.2, 0.25) is 0 Å². The minimum atomic E-state index is -0.502. The molecule has 2 aliphatic carbocycles. The SMILES string of the molecule is CC1=CCC(C2=C(c3ccc(Cl)cc3Cl)CCCc3cc(C(C)(C)NO)ccc32)C=C1. The summed E-state index contributed by atoms with van der Waals surface area (Å²) in [6.45, 7) is 6.12. The van der Waals surface area contributed by atoms with Crippen LogP contribution in [0.15, 0.2) is 60.2 Å². The van der Waals surface area contributed by atoms with Crippen LogP contribution in [0, 0.1) is 5.92 Å². The molecular formula is C27H29Cl2NO. The third-order valence-electron chi connectivity index (χ3n) is 6.51. The smallest absolute Gasteiger partial charge is 0.0622 e. The Morgan fingerprint density at radius 2 is 1.81 bits per heavy atom. The lowest BCUT2D eigenvalue weighted by atomic mass is 9.79. The molecule has 0 aliphatic heterocycles. The average Bonchev–Trinajstić information content (AvgIpc) is 2.93. The molecule has 2 aliphatic rings. The van der Waals surface area contributed by atoms with Crippen molar-refractivity contribution >= 4 is 34.3 Å². The Balaban J connectivity index is 1.93. The first kappa shape index (κ1) is 22.4. The summed E-state index contributed by atoms with van der Waals surface area (Å²) in [6.07, 6.45) is 10.9. The van der Waals surface area contributed by atoms with Crippen LogP contribution in [0.5, 0.6) is 0 Å². The minimum Gasteiger partial charge on any atom is -0.316 e. The molecule has 0 heterocycles. The van der Waals surface area contributed by atoms with Gasteiger partial charge >= 0.3 is 0 Å². The van der Waals surface area contributed by atoms with Gasteiger partial charge in [-0.15, -0.1) is 0 Å². The highest BCUT2D eigenvalue weighted by molar-refractivity contribution is 6.36. The zero-order valence-corrected chi connectivity index (χ0v) is 19.8. The van der Waals surface area contributed by atoms with Gasteiger partial charge in [-0.3, -0.25) is 0 Å². The summed E-state index contributed by atoms with van der Waals surface area (Å²) in [7, 11) is 0. The zero-order chi connectivity index (χ0) is 22.2. The van der Waals surface area contributed by atoms with E-state index >= 15 is 0 Å². The molecule has 0 saturated heterocycles. The first-order chi connectivity index (χ1) is 14.8. The van der Waals surface area contributed by atoms with Crippen LogP contribution < -0.4 is 5.48 Å². The maximum absolute atomic E-state index is 9.63. The van der Waals surface area contributed by atoms with E-state index in [1.165, 1.54) is 27.8 Å². The number of hydroxylamine groups is 1. The van der Waals surface area contributed by atoms with Gasteiger partial charge in [-0.25, -0.2) is 0 Å². The Hall–Kier alpha value is -1.84. The summed E-state index contributed by atoms with van der Waals surface area (Å²) in [5.41, 5.74) is 10.7. The number of hydrogen-bond donors (Lipinski definition) is 2. The van der Waals surface area contributed by atoms with Gasteiger partial charge in [-0.1, -0.05) is 71.3 Å². The van der Waals surface area contributed by atoms with Gasteiger partial charge in [0.15, 0.2) is 0 Å². The van der Waals surface area contributed by atoms with Gasteiger partial charge in [0.25, 0.3) is 0 Å². The number of benzene rings is 2. The van der Waals surface area contributed by atoms with Crippen molar-refractivity contribution in [1.29, 1.82) is 0 Å². The van der Waals surface area contributed by atoms with E-state index in [4.69, 9.17) is 23.2 Å². The number of aryl methyl sites for hydroxylation is 1. The van der Waals surface area contributed by atoms with E-state index < -0.39 is 5.54 Å². The van der Waals surface area contributed by atoms with Crippen molar-refractivity contribution in [3.8, 4) is 0 Å². The van der Waals surface area contributed by atoms with Crippen molar-refractivity contribution in [2.45, 2.75) is 52.0 Å². The Morgan fingerprint density at radius 3 is 2.48 bits per heavy atom. The molecule has 0 aromatic heterocycles. The van der Waals surface area contributed by atoms with Crippen molar-refractivity contribution in [1.82, 2.24) is 5.48 Å². The first-order valence-corrected chi connectivity index (χ1v) is 11.6. The molecule has 2 nitrogen and oxygen atoms in total. The summed E-state index contributed by atoms with van der Waals surface area (Å²) in [5.74, 6) is 0.303. The van der Waals surface area contributed by atoms with Crippen molar-refractivity contribution < 1.29 is 5.21 Å². The van der Waals surface area contributed by atoms with E-state index in [0.717, 1.165) is 36.8 Å². The molecule has 1 unspecified atom stereocenters. The number of allylic oxidation sites excluding steroid dienone is 6. The number of fused-ring (bicyclic) bond motifs is 1. The van der Waals surface area contributed by atoms with Gasteiger partial charge in [-0.05, 0) is 92.0 Å². The number of halogens is 2.